The Labute approximate surface area is 45.1 Å². The minimum Gasteiger partial charge on any atom is -0.337 e. The van der Waals surface area contributed by atoms with Gasteiger partial charge >= 0.3 is 27.7 Å². The first kappa shape index (κ1) is 8.88. The van der Waals surface area contributed by atoms with E-state index in [-0.39, 0.29) is 27.7 Å². The van der Waals surface area contributed by atoms with Crippen LogP contribution in [0.15, 0.2) is 0 Å². The summed E-state index contributed by atoms with van der Waals surface area (Å²) in [6.07, 6.45) is 1.25. The molecule has 0 saturated heterocycles. The van der Waals surface area contributed by atoms with Crippen LogP contribution in [0.1, 0.15) is 0 Å². The Balaban J connectivity index is 0. The molecule has 0 unspecified atom stereocenters. The molecule has 0 bridgehead atoms. The Kier molecular flexibility index (Phi) is 23.6. The smallest absolute Gasteiger partial charge is 0.337 e. The summed E-state index contributed by atoms with van der Waals surface area (Å²) in [5.74, 6) is 0. The Morgan fingerprint density at radius 1 is 1.75 bits per heavy atom. The van der Waals surface area contributed by atoms with Crippen LogP contribution in [0, 0.1) is 11.5 Å². The largest absolute Gasteiger partial charge is 2.00 e. The molecule has 0 aliphatic rings. The van der Waals surface area contributed by atoms with E-state index >= 15 is 0 Å². The van der Waals surface area contributed by atoms with Crippen molar-refractivity contribution in [3.05, 3.63) is 0 Å². The second kappa shape index (κ2) is 10.6. The standard InChI is InChI=1S/CH2N2.Hg/c2-1-3;/h2H2;/q;+2. The molecule has 2 nitrogen and oxygen atoms in total. The molecule has 0 heterocycles. The van der Waals surface area contributed by atoms with Gasteiger partial charge in [0.15, 0.2) is 6.19 Å². The maximum Gasteiger partial charge on any atom is 2.00 e. The van der Waals surface area contributed by atoms with Crippen molar-refractivity contribution >= 4 is 0 Å². The summed E-state index contributed by atoms with van der Waals surface area (Å²) in [5, 5.41) is 7.10. The van der Waals surface area contributed by atoms with E-state index < -0.39 is 0 Å². The van der Waals surface area contributed by atoms with Crippen LogP contribution in [0.3, 0.4) is 0 Å². The molecule has 0 saturated carbocycles. The number of hydrogen-bond acceptors (Lipinski definition) is 2. The Hall–Kier alpha value is 0.225. The Morgan fingerprint density at radius 3 is 1.75 bits per heavy atom. The quantitative estimate of drug-likeness (QED) is 0.351. The number of nitrogens with two attached hydrogens (primary N) is 1. The van der Waals surface area contributed by atoms with Crippen LogP contribution in [0.4, 0.5) is 0 Å². The molecule has 4 heavy (non-hydrogen) atoms. The first-order valence-corrected chi connectivity index (χ1v) is 0.512. The predicted molar refractivity (Wildman–Crippen MR) is 9.80 cm³/mol. The van der Waals surface area contributed by atoms with Crippen molar-refractivity contribution in [2.24, 2.45) is 5.73 Å². The molecule has 0 aliphatic heterocycles. The zero-order chi connectivity index (χ0) is 2.71. The van der Waals surface area contributed by atoms with Crippen LogP contribution in [-0.2, 0) is 27.7 Å². The van der Waals surface area contributed by atoms with Gasteiger partial charge in [-0.15, -0.1) is 0 Å². The molecule has 0 aromatic rings. The first-order chi connectivity index (χ1) is 1.41. The topological polar surface area (TPSA) is 49.8 Å². The van der Waals surface area contributed by atoms with Gasteiger partial charge in [-0.25, -0.2) is 0 Å². The third-order valence-electron chi connectivity index (χ3n) is 0. The number of nitriles is 1. The van der Waals surface area contributed by atoms with Gasteiger partial charge in [-0.05, 0) is 0 Å². The van der Waals surface area contributed by atoms with Crippen LogP contribution < -0.4 is 5.73 Å². The SMILES string of the molecule is N#CN.[Hg+2]. The van der Waals surface area contributed by atoms with Crippen molar-refractivity contribution in [1.29, 1.82) is 5.26 Å². The van der Waals surface area contributed by atoms with Gasteiger partial charge in [-0.3, -0.25) is 0 Å². The van der Waals surface area contributed by atoms with Crippen LogP contribution in [0.5, 0.6) is 0 Å². The monoisotopic (exact) mass is 244 g/mol. The molecule has 0 aromatic heterocycles. The zero-order valence-electron chi connectivity index (χ0n) is 2.23. The molecule has 16 valence electrons. The van der Waals surface area contributed by atoms with Crippen LogP contribution in [0.25, 0.3) is 0 Å². The molecule has 0 rings (SSSR count). The fourth-order valence-corrected chi connectivity index (χ4v) is 0. The van der Waals surface area contributed by atoms with E-state index in [0.29, 0.717) is 0 Å². The van der Waals surface area contributed by atoms with E-state index in [9.17, 15) is 0 Å². The summed E-state index contributed by atoms with van der Waals surface area (Å²) in [6, 6.07) is 0. The summed E-state index contributed by atoms with van der Waals surface area (Å²) < 4.78 is 0. The van der Waals surface area contributed by atoms with Crippen LogP contribution >= 0.6 is 0 Å². The van der Waals surface area contributed by atoms with Crippen LogP contribution in [-0.4, -0.2) is 0 Å². The molecule has 2 N–H and O–H groups in total. The molecule has 0 amide bonds. The molecule has 0 fully saturated rings. The van der Waals surface area contributed by atoms with Gasteiger partial charge in [0.1, 0.15) is 0 Å². The fourth-order valence-electron chi connectivity index (χ4n) is 0. The number of rotatable bonds is 0. The minimum atomic E-state index is 0. The molecular weight excluding hydrogens is 241 g/mol. The van der Waals surface area contributed by atoms with Gasteiger partial charge in [0, 0.05) is 0 Å². The summed E-state index contributed by atoms with van der Waals surface area (Å²) in [6.45, 7) is 0. The van der Waals surface area contributed by atoms with E-state index in [1.165, 1.54) is 6.19 Å². The van der Waals surface area contributed by atoms with Gasteiger partial charge < -0.3 is 5.73 Å². The van der Waals surface area contributed by atoms with Gasteiger partial charge in [0.25, 0.3) is 0 Å². The van der Waals surface area contributed by atoms with E-state index in [0.717, 1.165) is 0 Å². The maximum atomic E-state index is 7.10. The number of nitrogens with zero attached hydrogens (tertiary/aromatic N) is 1. The second-order valence-corrected chi connectivity index (χ2v) is 0.129. The average molecular weight is 243 g/mol. The van der Waals surface area contributed by atoms with Gasteiger partial charge in [0.05, 0.1) is 0 Å². The number of hydrogen-bond donors (Lipinski definition) is 1. The zero-order valence-corrected chi connectivity index (χ0v) is 7.73. The van der Waals surface area contributed by atoms with Crippen molar-refractivity contribution in [3.63, 3.8) is 0 Å². The van der Waals surface area contributed by atoms with Crippen molar-refractivity contribution < 1.29 is 27.7 Å². The molecule has 0 aromatic carbocycles. The molecule has 3 heteroatoms. The first-order valence-electron chi connectivity index (χ1n) is 0.512. The van der Waals surface area contributed by atoms with Crippen molar-refractivity contribution in [2.75, 3.05) is 0 Å². The maximum absolute atomic E-state index is 7.10. The van der Waals surface area contributed by atoms with E-state index in [2.05, 4.69) is 5.73 Å². The summed E-state index contributed by atoms with van der Waals surface area (Å²) >= 11 is 0. The normalized spacial score (nSPS) is 1.75. The molecule has 0 spiro atoms. The summed E-state index contributed by atoms with van der Waals surface area (Å²) in [7, 11) is 0. The predicted octanol–water partition coefficient (Wildman–Crippen LogP) is -0.576. The third-order valence-corrected chi connectivity index (χ3v) is 0. The van der Waals surface area contributed by atoms with Crippen molar-refractivity contribution in [2.45, 2.75) is 0 Å². The van der Waals surface area contributed by atoms with E-state index in [1.807, 2.05) is 0 Å². The molecular formula is CH2HgN2+2. The molecule has 0 atom stereocenters. The van der Waals surface area contributed by atoms with Gasteiger partial charge in [-0.1, -0.05) is 0 Å². The van der Waals surface area contributed by atoms with Crippen molar-refractivity contribution in [3.8, 4) is 6.19 Å². The third kappa shape index (κ3) is 65.9. The average Bonchev–Trinajstić information content (AvgIpc) is 0.918. The summed E-state index contributed by atoms with van der Waals surface area (Å²) in [5.41, 5.74) is 4.15. The van der Waals surface area contributed by atoms with E-state index in [4.69, 9.17) is 5.26 Å². The van der Waals surface area contributed by atoms with Gasteiger partial charge in [0.2, 0.25) is 0 Å². The van der Waals surface area contributed by atoms with Gasteiger partial charge in [-0.2, -0.15) is 5.26 Å². The van der Waals surface area contributed by atoms with Crippen LogP contribution in [0.2, 0.25) is 0 Å². The summed E-state index contributed by atoms with van der Waals surface area (Å²) in [4.78, 5) is 0. The van der Waals surface area contributed by atoms with Crippen molar-refractivity contribution in [1.82, 2.24) is 0 Å². The molecule has 0 radical (unpaired) electrons. The molecule has 0 aliphatic carbocycles. The van der Waals surface area contributed by atoms with E-state index in [1.54, 1.807) is 0 Å². The Morgan fingerprint density at radius 2 is 1.75 bits per heavy atom. The fraction of sp³-hybridized carbons (Fsp3) is 0. The second-order valence-electron chi connectivity index (χ2n) is 0.129. The minimum absolute atomic E-state index is 0. The Bertz CT molecular complexity index is 27.5.